The second-order valence-electron chi connectivity index (χ2n) is 10.3. The normalized spacial score (nSPS) is 15.0. The van der Waals surface area contributed by atoms with Crippen molar-refractivity contribution in [2.75, 3.05) is 11.9 Å². The molecule has 1 atom stereocenters. The first kappa shape index (κ1) is 27.7. The maximum Gasteiger partial charge on any atom is 0.411 e. The molecule has 2 aromatic heterocycles. The molecule has 0 saturated carbocycles. The number of carbonyl (C=O) groups is 1. The molecular weight excluding hydrogens is 551 g/mol. The smallest absolute Gasteiger partial charge is 0.411 e. The number of anilines is 2. The Bertz CT molecular complexity index is 1610. The second kappa shape index (κ2) is 11.7. The molecule has 0 unspecified atom stereocenters. The summed E-state index contributed by atoms with van der Waals surface area (Å²) in [6.07, 6.45) is 2.87. The van der Waals surface area contributed by atoms with Gasteiger partial charge >= 0.3 is 6.09 Å². The number of nitrogens with zero attached hydrogens (tertiary/aromatic N) is 3. The highest BCUT2D eigenvalue weighted by atomic mass is 35.5. The minimum atomic E-state index is -0.550. The lowest BCUT2D eigenvalue weighted by atomic mass is 10.2. The maximum atomic E-state index is 13.4. The van der Waals surface area contributed by atoms with E-state index in [0.29, 0.717) is 28.7 Å². The number of likely N-dealkylation sites (tertiary alicyclic amines) is 1. The third-order valence-corrected chi connectivity index (χ3v) is 7.37. The van der Waals surface area contributed by atoms with Gasteiger partial charge in [0.2, 0.25) is 0 Å². The van der Waals surface area contributed by atoms with Crippen molar-refractivity contribution in [1.82, 2.24) is 14.9 Å². The third-order valence-electron chi connectivity index (χ3n) is 6.03. The van der Waals surface area contributed by atoms with Crippen LogP contribution in [-0.2, 0) is 11.3 Å². The number of rotatable bonds is 5. The van der Waals surface area contributed by atoms with Gasteiger partial charge in [0.15, 0.2) is 5.82 Å². The molecule has 1 N–H and O–H groups in total. The molecule has 1 amide bonds. The number of fused-ring (bicyclic) bond motifs is 1. The third kappa shape index (κ3) is 6.82. The Hall–Kier alpha value is -3.87. The fraction of sp³-hybridized carbons (Fsp3) is 0.300. The van der Waals surface area contributed by atoms with Crippen LogP contribution in [-0.4, -0.2) is 39.1 Å². The first-order chi connectivity index (χ1) is 19.1. The highest BCUT2D eigenvalue weighted by Gasteiger charge is 2.31. The number of hydrogen-bond acceptors (Lipinski definition) is 7. The van der Waals surface area contributed by atoms with E-state index >= 15 is 0 Å². The molecule has 7 nitrogen and oxygen atoms in total. The van der Waals surface area contributed by atoms with Crippen molar-refractivity contribution in [1.29, 1.82) is 0 Å². The topological polar surface area (TPSA) is 76.6 Å². The van der Waals surface area contributed by atoms with Crippen molar-refractivity contribution in [3.05, 3.63) is 76.1 Å². The molecular formula is C30H28ClFN4O3S. The van der Waals surface area contributed by atoms with Gasteiger partial charge in [-0.25, -0.2) is 19.2 Å². The lowest BCUT2D eigenvalue weighted by Gasteiger charge is -2.26. The molecule has 0 aliphatic carbocycles. The summed E-state index contributed by atoms with van der Waals surface area (Å²) in [4.78, 5) is 23.9. The first-order valence-electron chi connectivity index (χ1n) is 12.8. The monoisotopic (exact) mass is 578 g/mol. The fourth-order valence-corrected chi connectivity index (χ4v) is 5.39. The van der Waals surface area contributed by atoms with Crippen LogP contribution in [0.2, 0.25) is 5.02 Å². The Morgan fingerprint density at radius 3 is 2.85 bits per heavy atom. The highest BCUT2D eigenvalue weighted by Crippen LogP contribution is 2.33. The number of carbonyl (C=O) groups excluding carboxylic acids is 1. The molecule has 0 spiro atoms. The van der Waals surface area contributed by atoms with Gasteiger partial charge in [0, 0.05) is 12.2 Å². The van der Waals surface area contributed by atoms with E-state index in [1.807, 2.05) is 32.9 Å². The number of nitrogens with one attached hydrogen (secondary N) is 1. The van der Waals surface area contributed by atoms with Crippen LogP contribution in [0.25, 0.3) is 10.2 Å². The standard InChI is InChI=1S/C30H28ClFN4O3S/c1-30(2,3)39-29(37)36-13-5-8-22(36)10-11-23-16-25-27(40-23)28(34-18-33-25)35-21-9-12-26(24(31)15-21)38-17-19-6-4-7-20(32)14-19/h4,6-7,9,12,14-16,18,22H,5,8,13,17H2,1-3H3,(H,33,34,35)/t22-/m1/s1. The number of halogens is 2. The SMILES string of the molecule is CC(C)(C)OC(=O)N1CCC[C@@H]1C#Cc1cc2ncnc(Nc3ccc(OCc4cccc(F)c4)c(Cl)c3)c2s1. The summed E-state index contributed by atoms with van der Waals surface area (Å²) in [5, 5.41) is 3.72. The quantitative estimate of drug-likeness (QED) is 0.246. The van der Waals surface area contributed by atoms with E-state index < -0.39 is 5.60 Å². The average Bonchev–Trinajstić information content (AvgIpc) is 3.53. The minimum absolute atomic E-state index is 0.187. The first-order valence-corrected chi connectivity index (χ1v) is 14.0. The summed E-state index contributed by atoms with van der Waals surface area (Å²) in [6, 6.07) is 13.3. The Morgan fingerprint density at radius 2 is 2.08 bits per heavy atom. The molecule has 40 heavy (non-hydrogen) atoms. The van der Waals surface area contributed by atoms with Crippen molar-refractivity contribution < 1.29 is 18.7 Å². The predicted octanol–water partition coefficient (Wildman–Crippen LogP) is 7.56. The van der Waals surface area contributed by atoms with Gasteiger partial charge < -0.3 is 14.8 Å². The zero-order valence-electron chi connectivity index (χ0n) is 22.3. The Kier molecular flexibility index (Phi) is 8.10. The van der Waals surface area contributed by atoms with Gasteiger partial charge in [-0.2, -0.15) is 0 Å². The molecule has 10 heteroatoms. The Morgan fingerprint density at radius 1 is 1.23 bits per heavy atom. The summed E-state index contributed by atoms with van der Waals surface area (Å²) in [5.74, 6) is 7.28. The van der Waals surface area contributed by atoms with Crippen LogP contribution >= 0.6 is 22.9 Å². The van der Waals surface area contributed by atoms with Crippen molar-refractivity contribution >= 4 is 50.8 Å². The summed E-state index contributed by atoms with van der Waals surface area (Å²) in [7, 11) is 0. The zero-order valence-corrected chi connectivity index (χ0v) is 23.9. The molecule has 0 radical (unpaired) electrons. The highest BCUT2D eigenvalue weighted by molar-refractivity contribution is 7.20. The number of thiophene rings is 1. The molecule has 206 valence electrons. The van der Waals surface area contributed by atoms with E-state index in [1.165, 1.54) is 29.8 Å². The number of amides is 1. The number of hydrogen-bond donors (Lipinski definition) is 1. The summed E-state index contributed by atoms with van der Waals surface area (Å²) in [6.45, 7) is 6.41. The molecule has 4 aromatic rings. The van der Waals surface area contributed by atoms with Crippen molar-refractivity contribution in [2.24, 2.45) is 0 Å². The van der Waals surface area contributed by atoms with Crippen LogP contribution in [0.1, 0.15) is 44.1 Å². The average molecular weight is 579 g/mol. The predicted molar refractivity (Wildman–Crippen MR) is 156 cm³/mol. The molecule has 2 aromatic carbocycles. The van der Waals surface area contributed by atoms with E-state index in [-0.39, 0.29) is 24.6 Å². The summed E-state index contributed by atoms with van der Waals surface area (Å²) >= 11 is 7.94. The van der Waals surface area contributed by atoms with Crippen LogP contribution in [0.15, 0.2) is 54.9 Å². The molecule has 3 heterocycles. The van der Waals surface area contributed by atoms with Gasteiger partial charge in [-0.1, -0.05) is 35.6 Å². The zero-order chi connectivity index (χ0) is 28.3. The number of ether oxygens (including phenoxy) is 2. The van der Waals surface area contributed by atoms with E-state index in [9.17, 15) is 9.18 Å². The Balaban J connectivity index is 1.29. The largest absolute Gasteiger partial charge is 0.487 e. The minimum Gasteiger partial charge on any atom is -0.487 e. The summed E-state index contributed by atoms with van der Waals surface area (Å²) in [5.41, 5.74) is 1.65. The van der Waals surface area contributed by atoms with Gasteiger partial charge in [0.25, 0.3) is 0 Å². The van der Waals surface area contributed by atoms with Crippen molar-refractivity contribution in [3.8, 4) is 17.6 Å². The molecule has 1 saturated heterocycles. The van der Waals surface area contributed by atoms with E-state index in [1.54, 1.807) is 29.2 Å². The fourth-order valence-electron chi connectivity index (χ4n) is 4.24. The lowest BCUT2D eigenvalue weighted by Crippen LogP contribution is -2.39. The van der Waals surface area contributed by atoms with E-state index in [4.69, 9.17) is 21.1 Å². The number of aromatic nitrogens is 2. The molecule has 1 aliphatic rings. The van der Waals surface area contributed by atoms with Gasteiger partial charge in [-0.15, -0.1) is 11.3 Å². The van der Waals surface area contributed by atoms with Gasteiger partial charge in [-0.05, 0) is 75.6 Å². The second-order valence-corrected chi connectivity index (χ2v) is 11.8. The maximum absolute atomic E-state index is 13.4. The molecule has 1 fully saturated rings. The molecule has 5 rings (SSSR count). The van der Waals surface area contributed by atoms with Crippen molar-refractivity contribution in [2.45, 2.75) is 51.9 Å². The molecule has 1 aliphatic heterocycles. The van der Waals surface area contributed by atoms with E-state index in [0.717, 1.165) is 33.6 Å². The van der Waals surface area contributed by atoms with Crippen LogP contribution in [0, 0.1) is 17.7 Å². The Labute approximate surface area is 241 Å². The van der Waals surface area contributed by atoms with E-state index in [2.05, 4.69) is 27.1 Å². The van der Waals surface area contributed by atoms with Crippen LogP contribution in [0.4, 0.5) is 20.7 Å². The van der Waals surface area contributed by atoms with Gasteiger partial charge in [0.1, 0.15) is 30.1 Å². The van der Waals surface area contributed by atoms with Crippen LogP contribution in [0.3, 0.4) is 0 Å². The van der Waals surface area contributed by atoms with Crippen molar-refractivity contribution in [3.63, 3.8) is 0 Å². The lowest BCUT2D eigenvalue weighted by molar-refractivity contribution is 0.0261. The molecule has 0 bridgehead atoms. The van der Waals surface area contributed by atoms with Crippen LogP contribution < -0.4 is 10.1 Å². The van der Waals surface area contributed by atoms with Gasteiger partial charge in [-0.3, -0.25) is 4.90 Å². The summed E-state index contributed by atoms with van der Waals surface area (Å²) < 4.78 is 25.6. The van der Waals surface area contributed by atoms with Gasteiger partial charge in [0.05, 0.1) is 26.2 Å². The van der Waals surface area contributed by atoms with Crippen LogP contribution in [0.5, 0.6) is 5.75 Å². The number of benzene rings is 2.